The number of amides is 2. The van der Waals surface area contributed by atoms with Crippen molar-refractivity contribution in [3.63, 3.8) is 0 Å². The first-order valence-electron chi connectivity index (χ1n) is 6.56. The number of carbonyl (C=O) groups is 1. The van der Waals surface area contributed by atoms with Gasteiger partial charge in [-0.1, -0.05) is 0 Å². The number of halogens is 3. The van der Waals surface area contributed by atoms with Crippen LogP contribution in [0, 0.1) is 0 Å². The Morgan fingerprint density at radius 1 is 1.48 bits per heavy atom. The van der Waals surface area contributed by atoms with E-state index in [1.165, 1.54) is 13.2 Å². The summed E-state index contributed by atoms with van der Waals surface area (Å²) in [5.41, 5.74) is -1.31. The van der Waals surface area contributed by atoms with E-state index in [0.717, 1.165) is 12.4 Å². The first kappa shape index (κ1) is 16.9. The van der Waals surface area contributed by atoms with Crippen LogP contribution in [0.3, 0.4) is 0 Å². The second-order valence-corrected chi connectivity index (χ2v) is 5.10. The molecule has 0 aliphatic heterocycles. The van der Waals surface area contributed by atoms with Crippen LogP contribution in [0.2, 0.25) is 0 Å². The SMILES string of the molecule is CC(O)(CNC(=O)Nc1cnn(CC(F)(F)F)c1)c1ccco1. The topological polar surface area (TPSA) is 92.3 Å². The molecule has 7 nitrogen and oxygen atoms in total. The number of aromatic nitrogens is 2. The van der Waals surface area contributed by atoms with E-state index in [4.69, 9.17) is 4.42 Å². The van der Waals surface area contributed by atoms with Crippen molar-refractivity contribution in [2.24, 2.45) is 0 Å². The van der Waals surface area contributed by atoms with Crippen LogP contribution < -0.4 is 10.6 Å². The Balaban J connectivity index is 1.86. The molecule has 2 heterocycles. The van der Waals surface area contributed by atoms with Crippen LogP contribution in [0.25, 0.3) is 0 Å². The molecule has 126 valence electrons. The molecule has 1 atom stereocenters. The summed E-state index contributed by atoms with van der Waals surface area (Å²) in [7, 11) is 0. The van der Waals surface area contributed by atoms with Crippen molar-refractivity contribution in [1.29, 1.82) is 0 Å². The van der Waals surface area contributed by atoms with Gasteiger partial charge in [0.15, 0.2) is 0 Å². The maximum atomic E-state index is 12.2. The lowest BCUT2D eigenvalue weighted by molar-refractivity contribution is -0.142. The number of aliphatic hydroxyl groups is 1. The quantitative estimate of drug-likeness (QED) is 0.781. The van der Waals surface area contributed by atoms with Gasteiger partial charge in [0.25, 0.3) is 0 Å². The summed E-state index contributed by atoms with van der Waals surface area (Å²) in [4.78, 5) is 11.7. The third-order valence-corrected chi connectivity index (χ3v) is 2.88. The highest BCUT2D eigenvalue weighted by Crippen LogP contribution is 2.20. The minimum Gasteiger partial charge on any atom is -0.466 e. The van der Waals surface area contributed by atoms with E-state index in [1.807, 2.05) is 0 Å². The van der Waals surface area contributed by atoms with Gasteiger partial charge in [-0.2, -0.15) is 18.3 Å². The Morgan fingerprint density at radius 3 is 2.83 bits per heavy atom. The molecular formula is C13H15F3N4O3. The number of furan rings is 1. The molecule has 23 heavy (non-hydrogen) atoms. The zero-order chi connectivity index (χ0) is 17.1. The zero-order valence-corrected chi connectivity index (χ0v) is 12.1. The minimum absolute atomic E-state index is 0.101. The molecule has 2 aromatic heterocycles. The van der Waals surface area contributed by atoms with E-state index in [9.17, 15) is 23.1 Å². The van der Waals surface area contributed by atoms with Crippen molar-refractivity contribution in [1.82, 2.24) is 15.1 Å². The Kier molecular flexibility index (Phi) is 4.64. The summed E-state index contributed by atoms with van der Waals surface area (Å²) in [5.74, 6) is 0.274. The molecule has 0 saturated carbocycles. The van der Waals surface area contributed by atoms with E-state index in [-0.39, 0.29) is 18.0 Å². The molecule has 0 aliphatic carbocycles. The van der Waals surface area contributed by atoms with Gasteiger partial charge in [-0.05, 0) is 19.1 Å². The monoisotopic (exact) mass is 332 g/mol. The van der Waals surface area contributed by atoms with Gasteiger partial charge in [0.1, 0.15) is 17.9 Å². The number of carbonyl (C=O) groups excluding carboxylic acids is 1. The maximum Gasteiger partial charge on any atom is 0.408 e. The van der Waals surface area contributed by atoms with Gasteiger partial charge in [-0.3, -0.25) is 4.68 Å². The smallest absolute Gasteiger partial charge is 0.408 e. The van der Waals surface area contributed by atoms with Crippen molar-refractivity contribution < 1.29 is 27.5 Å². The fourth-order valence-electron chi connectivity index (χ4n) is 1.80. The second kappa shape index (κ2) is 6.32. The molecule has 0 aromatic carbocycles. The molecule has 0 bridgehead atoms. The zero-order valence-electron chi connectivity index (χ0n) is 12.1. The summed E-state index contributed by atoms with van der Waals surface area (Å²) in [6.45, 7) is 0.0556. The molecule has 0 fully saturated rings. The second-order valence-electron chi connectivity index (χ2n) is 5.10. The van der Waals surface area contributed by atoms with Crippen LogP contribution in [0.4, 0.5) is 23.7 Å². The molecule has 2 amide bonds. The summed E-state index contributed by atoms with van der Waals surface area (Å²) < 4.78 is 42.3. The van der Waals surface area contributed by atoms with Gasteiger partial charge in [0.05, 0.1) is 24.7 Å². The molecule has 2 rings (SSSR count). The summed E-state index contributed by atoms with van der Waals surface area (Å²) in [6, 6.07) is 2.46. The summed E-state index contributed by atoms with van der Waals surface area (Å²) >= 11 is 0. The van der Waals surface area contributed by atoms with Crippen LogP contribution in [-0.4, -0.2) is 33.6 Å². The Morgan fingerprint density at radius 2 is 2.22 bits per heavy atom. The van der Waals surface area contributed by atoms with Crippen molar-refractivity contribution in [3.05, 3.63) is 36.5 Å². The fraction of sp³-hybridized carbons (Fsp3) is 0.385. The van der Waals surface area contributed by atoms with E-state index < -0.39 is 24.4 Å². The minimum atomic E-state index is -4.40. The van der Waals surface area contributed by atoms with Crippen molar-refractivity contribution in [3.8, 4) is 0 Å². The highest BCUT2D eigenvalue weighted by Gasteiger charge is 2.29. The molecular weight excluding hydrogens is 317 g/mol. The Hall–Kier alpha value is -2.49. The van der Waals surface area contributed by atoms with Crippen molar-refractivity contribution >= 4 is 11.7 Å². The van der Waals surface area contributed by atoms with Crippen LogP contribution in [0.15, 0.2) is 35.2 Å². The van der Waals surface area contributed by atoms with E-state index in [0.29, 0.717) is 4.68 Å². The lowest BCUT2D eigenvalue weighted by atomic mass is 10.0. The third-order valence-electron chi connectivity index (χ3n) is 2.88. The van der Waals surface area contributed by atoms with E-state index in [1.54, 1.807) is 12.1 Å². The van der Waals surface area contributed by atoms with Gasteiger partial charge in [-0.25, -0.2) is 4.79 Å². The number of alkyl halides is 3. The average molecular weight is 332 g/mol. The number of urea groups is 1. The standard InChI is InChI=1S/C13H15F3N4O3/c1-12(22,10-3-2-4-23-10)7-17-11(21)19-9-5-18-20(6-9)8-13(14,15)16/h2-6,22H,7-8H2,1H3,(H2,17,19,21). The molecule has 0 spiro atoms. The van der Waals surface area contributed by atoms with Gasteiger partial charge in [0, 0.05) is 6.20 Å². The molecule has 3 N–H and O–H groups in total. The van der Waals surface area contributed by atoms with Crippen LogP contribution in [-0.2, 0) is 12.1 Å². The normalized spacial score (nSPS) is 14.3. The first-order chi connectivity index (χ1) is 10.7. The molecule has 0 aliphatic rings. The first-order valence-corrected chi connectivity index (χ1v) is 6.56. The highest BCUT2D eigenvalue weighted by atomic mass is 19.4. The Bertz CT molecular complexity index is 650. The predicted octanol–water partition coefficient (Wildman–Crippen LogP) is 2.07. The number of hydrogen-bond donors (Lipinski definition) is 3. The largest absolute Gasteiger partial charge is 0.466 e. The van der Waals surface area contributed by atoms with E-state index >= 15 is 0 Å². The van der Waals surface area contributed by atoms with Gasteiger partial charge in [-0.15, -0.1) is 0 Å². The molecule has 0 radical (unpaired) electrons. The number of rotatable bonds is 5. The van der Waals surface area contributed by atoms with Gasteiger partial charge < -0.3 is 20.2 Å². The maximum absolute atomic E-state index is 12.2. The van der Waals surface area contributed by atoms with Crippen LogP contribution >= 0.6 is 0 Å². The summed E-state index contributed by atoms with van der Waals surface area (Å²) in [6.07, 6.45) is -0.861. The lowest BCUT2D eigenvalue weighted by Gasteiger charge is -2.21. The highest BCUT2D eigenvalue weighted by molar-refractivity contribution is 5.88. The van der Waals surface area contributed by atoms with Crippen LogP contribution in [0.1, 0.15) is 12.7 Å². The van der Waals surface area contributed by atoms with Crippen LogP contribution in [0.5, 0.6) is 0 Å². The molecule has 0 saturated heterocycles. The lowest BCUT2D eigenvalue weighted by Crippen LogP contribution is -2.40. The van der Waals surface area contributed by atoms with E-state index in [2.05, 4.69) is 15.7 Å². The molecule has 10 heteroatoms. The van der Waals surface area contributed by atoms with Gasteiger partial charge in [0.2, 0.25) is 0 Å². The number of hydrogen-bond acceptors (Lipinski definition) is 4. The Labute approximate surface area is 129 Å². The number of nitrogens with zero attached hydrogens (tertiary/aromatic N) is 2. The average Bonchev–Trinajstić information content (AvgIpc) is 3.06. The predicted molar refractivity (Wildman–Crippen MR) is 73.6 cm³/mol. The third kappa shape index (κ3) is 5.02. The van der Waals surface area contributed by atoms with Gasteiger partial charge >= 0.3 is 12.2 Å². The summed E-state index contributed by atoms with van der Waals surface area (Å²) in [5, 5.41) is 18.4. The van der Waals surface area contributed by atoms with Crippen molar-refractivity contribution in [2.45, 2.75) is 25.2 Å². The molecule has 2 aromatic rings. The van der Waals surface area contributed by atoms with Crippen molar-refractivity contribution in [2.75, 3.05) is 11.9 Å². The number of nitrogens with one attached hydrogen (secondary N) is 2. The molecule has 1 unspecified atom stereocenters. The fourth-order valence-corrected chi connectivity index (χ4v) is 1.80. The number of anilines is 1.